The van der Waals surface area contributed by atoms with E-state index in [1.54, 1.807) is 30.3 Å². The normalized spacial score (nSPS) is 10.3. The molecule has 20 heavy (non-hydrogen) atoms. The first-order valence-corrected chi connectivity index (χ1v) is 7.18. The second-order valence-electron chi connectivity index (χ2n) is 4.11. The van der Waals surface area contributed by atoms with Gasteiger partial charge in [0.05, 0.1) is 11.4 Å². The van der Waals surface area contributed by atoms with E-state index in [1.807, 2.05) is 0 Å². The van der Waals surface area contributed by atoms with Crippen LogP contribution in [0, 0.1) is 11.6 Å². The van der Waals surface area contributed by atoms with E-state index in [0.717, 1.165) is 0 Å². The highest BCUT2D eigenvalue weighted by Gasteiger charge is 2.07. The van der Waals surface area contributed by atoms with Crippen LogP contribution in [0.25, 0.3) is 0 Å². The summed E-state index contributed by atoms with van der Waals surface area (Å²) >= 11 is 1.28. The molecule has 104 valence electrons. The van der Waals surface area contributed by atoms with Crippen molar-refractivity contribution in [2.45, 2.75) is 5.75 Å². The molecule has 0 bridgehead atoms. The lowest BCUT2D eigenvalue weighted by Crippen LogP contribution is -2.15. The van der Waals surface area contributed by atoms with E-state index < -0.39 is 5.82 Å². The number of hydrogen-bond acceptors (Lipinski definition) is 2. The molecular weight excluding hydrogens is 280 g/mol. The van der Waals surface area contributed by atoms with Crippen LogP contribution in [0.5, 0.6) is 0 Å². The first kappa shape index (κ1) is 14.5. The van der Waals surface area contributed by atoms with Gasteiger partial charge in [0.25, 0.3) is 0 Å². The third kappa shape index (κ3) is 4.06. The third-order valence-corrected chi connectivity index (χ3v) is 3.58. The molecule has 0 heterocycles. The Morgan fingerprint density at radius 3 is 2.35 bits per heavy atom. The van der Waals surface area contributed by atoms with Gasteiger partial charge >= 0.3 is 0 Å². The van der Waals surface area contributed by atoms with Gasteiger partial charge < -0.3 is 5.32 Å². The Morgan fingerprint density at radius 1 is 1.00 bits per heavy atom. The largest absolute Gasteiger partial charge is 0.323 e. The number of halogens is 2. The number of rotatable bonds is 5. The minimum atomic E-state index is -0.472. The molecule has 2 aromatic carbocycles. The number of benzene rings is 2. The molecular formula is C15H13F2NOS. The number of carbonyl (C=O) groups is 1. The number of carbonyl (C=O) groups excluding carboxylic acids is 1. The van der Waals surface area contributed by atoms with Crippen LogP contribution in [0.2, 0.25) is 0 Å². The first-order valence-electron chi connectivity index (χ1n) is 6.02. The summed E-state index contributed by atoms with van der Waals surface area (Å²) in [5, 5.41) is 2.48. The Kier molecular flexibility index (Phi) is 5.12. The molecule has 0 unspecified atom stereocenters. The van der Waals surface area contributed by atoms with Crippen LogP contribution in [0.1, 0.15) is 5.56 Å². The van der Waals surface area contributed by atoms with Crippen molar-refractivity contribution in [2.24, 2.45) is 0 Å². The predicted molar refractivity (Wildman–Crippen MR) is 77.6 cm³/mol. The van der Waals surface area contributed by atoms with Gasteiger partial charge in [-0.25, -0.2) is 8.78 Å². The van der Waals surface area contributed by atoms with E-state index in [1.165, 1.54) is 30.0 Å². The van der Waals surface area contributed by atoms with Gasteiger partial charge in [-0.3, -0.25) is 4.79 Å². The van der Waals surface area contributed by atoms with Crippen molar-refractivity contribution < 1.29 is 13.6 Å². The number of anilines is 1. The topological polar surface area (TPSA) is 29.1 Å². The number of amides is 1. The summed E-state index contributed by atoms with van der Waals surface area (Å²) in [6.45, 7) is 0. The van der Waals surface area contributed by atoms with Crippen LogP contribution in [0.3, 0.4) is 0 Å². The molecule has 5 heteroatoms. The molecule has 0 saturated heterocycles. The molecule has 0 aromatic heterocycles. The van der Waals surface area contributed by atoms with E-state index in [0.29, 0.717) is 11.3 Å². The van der Waals surface area contributed by atoms with E-state index in [2.05, 4.69) is 5.32 Å². The van der Waals surface area contributed by atoms with Gasteiger partial charge in [0, 0.05) is 5.75 Å². The van der Waals surface area contributed by atoms with Crippen molar-refractivity contribution in [3.63, 3.8) is 0 Å². The van der Waals surface area contributed by atoms with E-state index in [9.17, 15) is 13.6 Å². The minimum Gasteiger partial charge on any atom is -0.323 e. The van der Waals surface area contributed by atoms with Crippen molar-refractivity contribution in [1.82, 2.24) is 0 Å². The lowest BCUT2D eigenvalue weighted by molar-refractivity contribution is -0.113. The molecule has 0 spiro atoms. The Bertz CT molecular complexity index is 604. The zero-order valence-corrected chi connectivity index (χ0v) is 11.4. The average molecular weight is 293 g/mol. The van der Waals surface area contributed by atoms with Crippen LogP contribution in [-0.2, 0) is 10.5 Å². The van der Waals surface area contributed by atoms with E-state index in [4.69, 9.17) is 0 Å². The van der Waals surface area contributed by atoms with Crippen molar-refractivity contribution in [3.8, 4) is 0 Å². The molecule has 1 amide bonds. The maximum atomic E-state index is 13.4. The summed E-state index contributed by atoms with van der Waals surface area (Å²) in [6, 6.07) is 12.4. The Balaban J connectivity index is 1.82. The van der Waals surface area contributed by atoms with Crippen molar-refractivity contribution in [3.05, 3.63) is 65.7 Å². The van der Waals surface area contributed by atoms with Gasteiger partial charge in [0.15, 0.2) is 0 Å². The van der Waals surface area contributed by atoms with Crippen molar-refractivity contribution in [2.75, 3.05) is 11.1 Å². The van der Waals surface area contributed by atoms with Crippen LogP contribution in [0.15, 0.2) is 48.5 Å². The third-order valence-electron chi connectivity index (χ3n) is 2.60. The fourth-order valence-corrected chi connectivity index (χ4v) is 2.43. The number of para-hydroxylation sites is 1. The summed E-state index contributed by atoms with van der Waals surface area (Å²) in [5.74, 6) is -0.522. The SMILES string of the molecule is O=C(CSCc1ccccc1F)Nc1ccccc1F. The molecule has 1 N–H and O–H groups in total. The maximum Gasteiger partial charge on any atom is 0.234 e. The summed E-state index contributed by atoms with van der Waals surface area (Å²) in [5.41, 5.74) is 0.709. The first-order chi connectivity index (χ1) is 9.66. The fourth-order valence-electron chi connectivity index (χ4n) is 1.62. The molecule has 0 aliphatic carbocycles. The Hall–Kier alpha value is -1.88. The van der Waals surface area contributed by atoms with E-state index >= 15 is 0 Å². The summed E-state index contributed by atoms with van der Waals surface area (Å²) in [4.78, 5) is 11.6. The second kappa shape index (κ2) is 7.05. The quantitative estimate of drug-likeness (QED) is 0.907. The average Bonchev–Trinajstić information content (AvgIpc) is 2.43. The molecule has 2 aromatic rings. The molecule has 2 rings (SSSR count). The highest BCUT2D eigenvalue weighted by molar-refractivity contribution is 7.99. The smallest absolute Gasteiger partial charge is 0.234 e. The van der Waals surface area contributed by atoms with Gasteiger partial charge in [-0.15, -0.1) is 11.8 Å². The maximum absolute atomic E-state index is 13.4. The summed E-state index contributed by atoms with van der Waals surface area (Å²) in [6.07, 6.45) is 0. The monoisotopic (exact) mass is 293 g/mol. The van der Waals surface area contributed by atoms with Crippen LogP contribution >= 0.6 is 11.8 Å². The molecule has 2 nitrogen and oxygen atoms in total. The molecule has 0 fully saturated rings. The minimum absolute atomic E-state index is 0.142. The van der Waals surface area contributed by atoms with E-state index in [-0.39, 0.29) is 23.2 Å². The number of thioether (sulfide) groups is 1. The molecule has 0 aliphatic heterocycles. The number of hydrogen-bond donors (Lipinski definition) is 1. The van der Waals surface area contributed by atoms with Gasteiger partial charge in [-0.1, -0.05) is 30.3 Å². The lowest BCUT2D eigenvalue weighted by atomic mass is 10.2. The zero-order valence-electron chi connectivity index (χ0n) is 10.6. The molecule has 0 atom stereocenters. The molecule has 0 aliphatic rings. The standard InChI is InChI=1S/C15H13F2NOS/c16-12-6-2-1-5-11(12)9-20-10-15(19)18-14-8-4-3-7-13(14)17/h1-8H,9-10H2,(H,18,19). The van der Waals surface area contributed by atoms with Crippen molar-refractivity contribution >= 4 is 23.4 Å². The number of nitrogens with one attached hydrogen (secondary N) is 1. The molecule has 0 radical (unpaired) electrons. The van der Waals surface area contributed by atoms with Crippen LogP contribution < -0.4 is 5.32 Å². The molecule has 0 saturated carbocycles. The summed E-state index contributed by atoms with van der Waals surface area (Å²) in [7, 11) is 0. The van der Waals surface area contributed by atoms with Crippen LogP contribution in [0.4, 0.5) is 14.5 Å². The Morgan fingerprint density at radius 2 is 1.65 bits per heavy atom. The Labute approximate surface area is 120 Å². The van der Waals surface area contributed by atoms with Gasteiger partial charge in [0.1, 0.15) is 11.6 Å². The van der Waals surface area contributed by atoms with Gasteiger partial charge in [0.2, 0.25) is 5.91 Å². The highest BCUT2D eigenvalue weighted by Crippen LogP contribution is 2.17. The summed E-state index contributed by atoms with van der Waals surface area (Å²) < 4.78 is 26.7. The van der Waals surface area contributed by atoms with Gasteiger partial charge in [-0.2, -0.15) is 0 Å². The predicted octanol–water partition coefficient (Wildman–Crippen LogP) is 3.84. The second-order valence-corrected chi connectivity index (χ2v) is 5.10. The van der Waals surface area contributed by atoms with Crippen LogP contribution in [-0.4, -0.2) is 11.7 Å². The van der Waals surface area contributed by atoms with Gasteiger partial charge in [-0.05, 0) is 23.8 Å². The van der Waals surface area contributed by atoms with Crippen molar-refractivity contribution in [1.29, 1.82) is 0 Å². The fraction of sp³-hybridized carbons (Fsp3) is 0.133. The highest BCUT2D eigenvalue weighted by atomic mass is 32.2. The zero-order chi connectivity index (χ0) is 14.4. The lowest BCUT2D eigenvalue weighted by Gasteiger charge is -2.06.